The minimum Gasteiger partial charge on any atom is -0.298 e. The fourth-order valence-electron chi connectivity index (χ4n) is 4.10. The number of hydrogen-bond acceptors (Lipinski definition) is 6. The predicted molar refractivity (Wildman–Crippen MR) is 139 cm³/mol. The third kappa shape index (κ3) is 4.45. The van der Waals surface area contributed by atoms with Crippen LogP contribution in [0.25, 0.3) is 15.9 Å². The van der Waals surface area contributed by atoms with E-state index in [0.29, 0.717) is 10.7 Å². The lowest BCUT2D eigenvalue weighted by molar-refractivity contribution is 0.102. The van der Waals surface area contributed by atoms with E-state index in [2.05, 4.69) is 27.8 Å². The van der Waals surface area contributed by atoms with Gasteiger partial charge in [0.1, 0.15) is 4.83 Å². The van der Waals surface area contributed by atoms with E-state index < -0.39 is 0 Å². The van der Waals surface area contributed by atoms with E-state index in [-0.39, 0.29) is 17.1 Å². The Bertz CT molecular complexity index is 1380. The second kappa shape index (κ2) is 9.54. The van der Waals surface area contributed by atoms with Crippen LogP contribution in [-0.4, -0.2) is 39.1 Å². The summed E-state index contributed by atoms with van der Waals surface area (Å²) in [6.07, 6.45) is 0.865. The van der Waals surface area contributed by atoms with Gasteiger partial charge in [0.2, 0.25) is 0 Å². The van der Waals surface area contributed by atoms with Gasteiger partial charge in [0.25, 0.3) is 5.56 Å². The number of thiophene rings is 1. The summed E-state index contributed by atoms with van der Waals surface area (Å²) in [5, 5.41) is 1.29. The summed E-state index contributed by atoms with van der Waals surface area (Å²) in [6.45, 7) is 4.98. The summed E-state index contributed by atoms with van der Waals surface area (Å²) in [5.41, 5.74) is 2.50. The first-order valence-electron chi connectivity index (χ1n) is 10.8. The van der Waals surface area contributed by atoms with Gasteiger partial charge in [0.05, 0.1) is 16.8 Å². The Morgan fingerprint density at radius 2 is 1.91 bits per heavy atom. The molecule has 0 saturated heterocycles. The number of Topliss-reactive ketones (excluding diaryl/α,β-unsaturated/α-hetero) is 1. The van der Waals surface area contributed by atoms with Gasteiger partial charge in [-0.05, 0) is 42.8 Å². The molecular weight excluding hydrogens is 518 g/mol. The minimum absolute atomic E-state index is 0.00511. The number of benzene rings is 2. The van der Waals surface area contributed by atoms with Gasteiger partial charge in [0, 0.05) is 28.0 Å². The highest BCUT2D eigenvalue weighted by Crippen LogP contribution is 2.34. The molecule has 0 N–H and O–H groups in total. The molecule has 8 heteroatoms. The molecule has 5 nitrogen and oxygen atoms in total. The van der Waals surface area contributed by atoms with Crippen LogP contribution >= 0.6 is 39.0 Å². The van der Waals surface area contributed by atoms with Gasteiger partial charge < -0.3 is 0 Å². The van der Waals surface area contributed by atoms with Gasteiger partial charge in [-0.25, -0.2) is 4.98 Å². The van der Waals surface area contributed by atoms with Crippen molar-refractivity contribution in [1.29, 1.82) is 0 Å². The zero-order valence-corrected chi connectivity index (χ0v) is 21.3. The average Bonchev–Trinajstić information content (AvgIpc) is 3.21. The number of carbonyl (C=O) groups is 1. The third-order valence-electron chi connectivity index (χ3n) is 5.88. The number of aromatic nitrogens is 2. The Labute approximate surface area is 208 Å². The number of thioether (sulfide) groups is 1. The van der Waals surface area contributed by atoms with Crippen molar-refractivity contribution in [2.45, 2.75) is 25.0 Å². The van der Waals surface area contributed by atoms with Gasteiger partial charge in [-0.1, -0.05) is 64.9 Å². The molecule has 1 aliphatic heterocycles. The van der Waals surface area contributed by atoms with Crippen LogP contribution in [0.5, 0.6) is 0 Å². The van der Waals surface area contributed by atoms with E-state index in [1.165, 1.54) is 16.6 Å². The molecule has 0 saturated carbocycles. The van der Waals surface area contributed by atoms with E-state index >= 15 is 0 Å². The lowest BCUT2D eigenvalue weighted by Crippen LogP contribution is -2.30. The van der Waals surface area contributed by atoms with E-state index in [1.54, 1.807) is 28.0 Å². The largest absolute Gasteiger partial charge is 0.298 e. The molecule has 0 unspecified atom stereocenters. The molecule has 1 aliphatic rings. The van der Waals surface area contributed by atoms with Crippen molar-refractivity contribution in [3.63, 3.8) is 0 Å². The quantitative estimate of drug-likeness (QED) is 0.182. The highest BCUT2D eigenvalue weighted by atomic mass is 79.9. The number of likely N-dealkylation sites (N-methyl/N-ethyl adjacent to an activating group) is 1. The number of carbonyl (C=O) groups excluding carboxylic acids is 1. The molecule has 4 aromatic rings. The van der Waals surface area contributed by atoms with Gasteiger partial charge in [-0.2, -0.15) is 0 Å². The summed E-state index contributed by atoms with van der Waals surface area (Å²) in [4.78, 5) is 35.9. The summed E-state index contributed by atoms with van der Waals surface area (Å²) in [5.74, 6) is 0.215. The first kappa shape index (κ1) is 22.5. The van der Waals surface area contributed by atoms with E-state index in [9.17, 15) is 9.59 Å². The Kier molecular flexibility index (Phi) is 6.51. The zero-order chi connectivity index (χ0) is 22.9. The molecule has 0 atom stereocenters. The van der Waals surface area contributed by atoms with Crippen molar-refractivity contribution in [3.05, 3.63) is 85.4 Å². The monoisotopic (exact) mass is 539 g/mol. The normalized spacial score (nSPS) is 13.9. The molecule has 3 heterocycles. The number of halogens is 1. The van der Waals surface area contributed by atoms with Crippen LogP contribution in [0.15, 0.2) is 69.0 Å². The van der Waals surface area contributed by atoms with E-state index in [1.807, 2.05) is 42.5 Å². The standard InChI is InChI=1S/C25H22BrN3O2S2/c1-2-28-13-12-19-21(14-28)33-23-22(19)24(31)29(18-6-4-3-5-7-18)25(27-23)32-15-20(30)16-8-10-17(26)11-9-16/h3-11H,2,12-15H2,1H3. The summed E-state index contributed by atoms with van der Waals surface area (Å²) in [7, 11) is 0. The second-order valence-corrected chi connectivity index (χ2v) is 10.8. The first-order valence-corrected chi connectivity index (χ1v) is 13.4. The average molecular weight is 541 g/mol. The molecule has 2 aromatic heterocycles. The maximum atomic E-state index is 13.8. The van der Waals surface area contributed by atoms with Gasteiger partial charge in [-0.3, -0.25) is 19.1 Å². The van der Waals surface area contributed by atoms with Crippen LogP contribution < -0.4 is 5.56 Å². The van der Waals surface area contributed by atoms with Crippen LogP contribution in [0.1, 0.15) is 27.7 Å². The number of nitrogens with zero attached hydrogens (tertiary/aromatic N) is 3. The van der Waals surface area contributed by atoms with Crippen molar-refractivity contribution < 1.29 is 4.79 Å². The fraction of sp³-hybridized carbons (Fsp3) is 0.240. The highest BCUT2D eigenvalue weighted by Gasteiger charge is 2.25. The van der Waals surface area contributed by atoms with Gasteiger partial charge in [-0.15, -0.1) is 11.3 Å². The number of rotatable bonds is 6. The van der Waals surface area contributed by atoms with Crippen LogP contribution in [-0.2, 0) is 13.0 Å². The van der Waals surface area contributed by atoms with Crippen molar-refractivity contribution >= 4 is 55.0 Å². The van der Waals surface area contributed by atoms with Crippen LogP contribution in [0.4, 0.5) is 0 Å². The molecule has 33 heavy (non-hydrogen) atoms. The highest BCUT2D eigenvalue weighted by molar-refractivity contribution is 9.10. The van der Waals surface area contributed by atoms with Crippen LogP contribution in [0, 0.1) is 0 Å². The molecule has 0 spiro atoms. The van der Waals surface area contributed by atoms with Gasteiger partial charge >= 0.3 is 0 Å². The fourth-order valence-corrected chi connectivity index (χ4v) is 6.57. The Morgan fingerprint density at radius 1 is 1.15 bits per heavy atom. The van der Waals surface area contributed by atoms with Crippen molar-refractivity contribution in [3.8, 4) is 5.69 Å². The first-order chi connectivity index (χ1) is 16.0. The number of ketones is 1. The van der Waals surface area contributed by atoms with Gasteiger partial charge in [0.15, 0.2) is 10.9 Å². The van der Waals surface area contributed by atoms with E-state index in [4.69, 9.17) is 4.98 Å². The lowest BCUT2D eigenvalue weighted by Gasteiger charge is -2.25. The minimum atomic E-state index is -0.0489. The van der Waals surface area contributed by atoms with Crippen LogP contribution in [0.3, 0.4) is 0 Å². The molecule has 0 amide bonds. The number of hydrogen-bond donors (Lipinski definition) is 0. The Balaban J connectivity index is 1.57. The number of para-hydroxylation sites is 1. The van der Waals surface area contributed by atoms with Crippen molar-refractivity contribution in [2.75, 3.05) is 18.8 Å². The molecular formula is C25H22BrN3O2S2. The van der Waals surface area contributed by atoms with E-state index in [0.717, 1.165) is 52.0 Å². The SMILES string of the molecule is CCN1CCc2c(sc3nc(SCC(=O)c4ccc(Br)cc4)n(-c4ccccc4)c(=O)c23)C1. The molecule has 0 aliphatic carbocycles. The Morgan fingerprint density at radius 3 is 2.64 bits per heavy atom. The maximum absolute atomic E-state index is 13.8. The smallest absolute Gasteiger partial charge is 0.267 e. The molecule has 0 bridgehead atoms. The van der Waals surface area contributed by atoms with Crippen molar-refractivity contribution in [2.24, 2.45) is 0 Å². The maximum Gasteiger partial charge on any atom is 0.267 e. The zero-order valence-electron chi connectivity index (χ0n) is 18.1. The van der Waals surface area contributed by atoms with Crippen molar-refractivity contribution in [1.82, 2.24) is 14.5 Å². The summed E-state index contributed by atoms with van der Waals surface area (Å²) < 4.78 is 2.60. The van der Waals surface area contributed by atoms with Crippen LogP contribution in [0.2, 0.25) is 0 Å². The second-order valence-electron chi connectivity index (χ2n) is 7.89. The summed E-state index contributed by atoms with van der Waals surface area (Å²) in [6, 6.07) is 16.9. The molecule has 0 radical (unpaired) electrons. The molecule has 2 aromatic carbocycles. The molecule has 0 fully saturated rings. The summed E-state index contributed by atoms with van der Waals surface area (Å²) >= 11 is 6.33. The predicted octanol–water partition coefficient (Wildman–Crippen LogP) is 5.56. The topological polar surface area (TPSA) is 55.2 Å². The number of fused-ring (bicyclic) bond motifs is 3. The third-order valence-corrected chi connectivity index (χ3v) is 8.46. The lowest BCUT2D eigenvalue weighted by atomic mass is 10.1. The molecule has 168 valence electrons. The molecule has 5 rings (SSSR count). The Hall–Kier alpha value is -2.26.